The summed E-state index contributed by atoms with van der Waals surface area (Å²) in [4.78, 5) is 58.6. The molecule has 3 fully saturated rings. The Kier molecular flexibility index (Phi) is 8.44. The Hall–Kier alpha value is -5.99. The lowest BCUT2D eigenvalue weighted by molar-refractivity contribution is -0.143. The van der Waals surface area contributed by atoms with Crippen molar-refractivity contribution in [3.63, 3.8) is 0 Å². The Labute approximate surface area is 314 Å². The van der Waals surface area contributed by atoms with Crippen LogP contribution in [0.2, 0.25) is 0 Å². The average Bonchev–Trinajstić information content (AvgIpc) is 3.53. The molecule has 15 heteroatoms. The van der Waals surface area contributed by atoms with E-state index in [9.17, 15) is 45.8 Å². The van der Waals surface area contributed by atoms with Crippen molar-refractivity contribution in [1.29, 1.82) is 0 Å². The first-order valence-electron chi connectivity index (χ1n) is 17.6. The van der Waals surface area contributed by atoms with E-state index in [0.29, 0.717) is 33.9 Å². The van der Waals surface area contributed by atoms with Gasteiger partial charge in [-0.3, -0.25) is 24.6 Å². The van der Waals surface area contributed by atoms with Gasteiger partial charge >= 0.3 is 12.4 Å². The minimum absolute atomic E-state index is 0.105. The predicted octanol–water partition coefficient (Wildman–Crippen LogP) is 8.07. The molecule has 2 aliphatic heterocycles. The summed E-state index contributed by atoms with van der Waals surface area (Å²) >= 11 is 0. The maximum Gasteiger partial charge on any atom is 0.416 e. The number of benzene rings is 4. The van der Waals surface area contributed by atoms with Gasteiger partial charge in [-0.25, -0.2) is 9.29 Å². The van der Waals surface area contributed by atoms with Gasteiger partial charge in [0.1, 0.15) is 0 Å². The van der Waals surface area contributed by atoms with Crippen molar-refractivity contribution in [3.8, 4) is 5.75 Å². The Bertz CT molecular complexity index is 2310. The summed E-state index contributed by atoms with van der Waals surface area (Å²) in [5, 5.41) is 11.0. The highest BCUT2D eigenvalue weighted by Gasteiger charge is 2.70. The normalized spacial score (nSPS) is 26.2. The van der Waals surface area contributed by atoms with Crippen LogP contribution < -0.4 is 10.3 Å². The number of fused-ring (bicyclic) bond motifs is 4. The molecule has 8 rings (SSSR count). The summed E-state index contributed by atoms with van der Waals surface area (Å²) in [6, 6.07) is 19.1. The predicted molar refractivity (Wildman–Crippen MR) is 186 cm³/mol. The largest absolute Gasteiger partial charge is 0.505 e. The van der Waals surface area contributed by atoms with Crippen LogP contribution in [0.1, 0.15) is 46.6 Å². The molecule has 0 bridgehead atoms. The number of hydrazine groups is 1. The molecule has 4 amide bonds. The smallest absolute Gasteiger partial charge is 0.416 e. The quantitative estimate of drug-likeness (QED) is 0.121. The first kappa shape index (κ1) is 37.0. The number of alkyl halides is 6. The molecule has 56 heavy (non-hydrogen) atoms. The van der Waals surface area contributed by atoms with Crippen molar-refractivity contribution in [2.45, 2.75) is 43.5 Å². The van der Waals surface area contributed by atoms with Crippen molar-refractivity contribution in [3.05, 3.63) is 136 Å². The summed E-state index contributed by atoms with van der Waals surface area (Å²) in [6.45, 7) is 1.84. The van der Waals surface area contributed by atoms with Gasteiger partial charge in [0.05, 0.1) is 45.7 Å². The zero-order chi connectivity index (χ0) is 40.1. The molecule has 0 spiro atoms. The van der Waals surface area contributed by atoms with Crippen molar-refractivity contribution in [2.75, 3.05) is 10.3 Å². The van der Waals surface area contributed by atoms with Gasteiger partial charge in [0.2, 0.25) is 11.8 Å². The van der Waals surface area contributed by atoms with Gasteiger partial charge < -0.3 is 5.11 Å². The molecule has 2 heterocycles. The molecule has 2 N–H and O–H groups in total. The number of allylic oxidation sites excluding steroid dienone is 2. The molecule has 1 saturated carbocycles. The standard InChI is InChI=1S/C41H30F7N3O5/c1-20-7-10-25(11-8-20)49-51-36(54)30-19-29-27(34(21-9-14-32(52)31(42)15-21)39(30,38(51)56)22-5-3-2-4-6-22)12-13-28-33(29)37(55)50(35(28)53)26-17-23(40(43,44)45)16-24(18-26)41(46,47)48/h2-12,14-18,28-30,33-34,49,52H,13,19H2,1H3. The van der Waals surface area contributed by atoms with Crippen LogP contribution in [0.15, 0.2) is 103 Å². The second kappa shape index (κ2) is 12.8. The van der Waals surface area contributed by atoms with Crippen LogP contribution in [-0.2, 0) is 36.9 Å². The number of anilines is 2. The van der Waals surface area contributed by atoms with E-state index in [1.165, 1.54) is 6.07 Å². The van der Waals surface area contributed by atoms with E-state index in [1.54, 1.807) is 60.7 Å². The van der Waals surface area contributed by atoms with Crippen LogP contribution in [0, 0.1) is 36.4 Å². The van der Waals surface area contributed by atoms with Crippen LogP contribution in [0.4, 0.5) is 42.1 Å². The number of hydrogen-bond acceptors (Lipinski definition) is 6. The first-order chi connectivity index (χ1) is 26.4. The summed E-state index contributed by atoms with van der Waals surface area (Å²) in [7, 11) is 0. The number of rotatable bonds is 5. The molecule has 2 aliphatic carbocycles. The van der Waals surface area contributed by atoms with Gasteiger partial charge in [0, 0.05) is 5.92 Å². The highest BCUT2D eigenvalue weighted by Crippen LogP contribution is 2.64. The summed E-state index contributed by atoms with van der Waals surface area (Å²) < 4.78 is 98.5. The third-order valence-electron chi connectivity index (χ3n) is 11.5. The lowest BCUT2D eigenvalue weighted by atomic mass is 9.49. The lowest BCUT2D eigenvalue weighted by Gasteiger charge is -2.50. The van der Waals surface area contributed by atoms with Crippen molar-refractivity contribution < 1.29 is 55.0 Å². The first-order valence-corrected chi connectivity index (χ1v) is 17.6. The number of carbonyl (C=O) groups excluding carboxylic acids is 4. The summed E-state index contributed by atoms with van der Waals surface area (Å²) in [6.07, 6.45) is -9.36. The van der Waals surface area contributed by atoms with Crippen molar-refractivity contribution in [1.82, 2.24) is 5.01 Å². The molecule has 4 aromatic rings. The Morgan fingerprint density at radius 3 is 2.02 bits per heavy atom. The molecule has 6 unspecified atom stereocenters. The Morgan fingerprint density at radius 1 is 0.768 bits per heavy atom. The number of aromatic hydroxyl groups is 1. The number of nitrogens with zero attached hydrogens (tertiary/aromatic N) is 2. The molecular weight excluding hydrogens is 747 g/mol. The zero-order valence-corrected chi connectivity index (χ0v) is 29.2. The van der Waals surface area contributed by atoms with Gasteiger partial charge in [-0.15, -0.1) is 0 Å². The third kappa shape index (κ3) is 5.57. The maximum absolute atomic E-state index is 15.3. The molecule has 4 aromatic carbocycles. The minimum Gasteiger partial charge on any atom is -0.505 e. The Morgan fingerprint density at radius 2 is 1.41 bits per heavy atom. The van der Waals surface area contributed by atoms with Gasteiger partial charge in [-0.2, -0.15) is 31.4 Å². The van der Waals surface area contributed by atoms with E-state index in [2.05, 4.69) is 5.43 Å². The fraction of sp³-hybridized carbons (Fsp3) is 0.268. The number of nitrogens with one attached hydrogen (secondary N) is 1. The number of halogens is 7. The van der Waals surface area contributed by atoms with Gasteiger partial charge in [-0.1, -0.05) is 65.7 Å². The third-order valence-corrected chi connectivity index (χ3v) is 11.5. The fourth-order valence-electron chi connectivity index (χ4n) is 9.15. The summed E-state index contributed by atoms with van der Waals surface area (Å²) in [5.41, 5.74) is -1.07. The molecule has 8 nitrogen and oxygen atoms in total. The zero-order valence-electron chi connectivity index (χ0n) is 29.2. The van der Waals surface area contributed by atoms with E-state index in [0.717, 1.165) is 22.7 Å². The second-order valence-corrected chi connectivity index (χ2v) is 14.6. The number of phenols is 1. The van der Waals surface area contributed by atoms with Gasteiger partial charge in [-0.05, 0) is 79.3 Å². The molecule has 4 aliphatic rings. The molecule has 2 saturated heterocycles. The molecular formula is C41H30F7N3O5. The monoisotopic (exact) mass is 777 g/mol. The topological polar surface area (TPSA) is 107 Å². The number of imide groups is 2. The highest BCUT2D eigenvalue weighted by molar-refractivity contribution is 6.22. The second-order valence-electron chi connectivity index (χ2n) is 14.6. The maximum atomic E-state index is 15.3. The fourth-order valence-corrected chi connectivity index (χ4v) is 9.15. The van der Waals surface area contributed by atoms with Crippen molar-refractivity contribution in [2.24, 2.45) is 23.7 Å². The van der Waals surface area contributed by atoms with Crippen LogP contribution in [-0.4, -0.2) is 33.7 Å². The van der Waals surface area contributed by atoms with Crippen LogP contribution >= 0.6 is 0 Å². The SMILES string of the molecule is Cc1ccc(NN2C(=O)C3CC4C(=CCC5C(=O)N(c6cc(C(F)(F)F)cc(C(F)(F)F)c6)C(=O)C54)C(c4ccc(O)c(F)c4)C3(c3ccccc3)C2=O)cc1. The number of phenolic OH excluding ortho intramolecular Hbond substituents is 1. The molecule has 0 aromatic heterocycles. The lowest BCUT2D eigenvalue weighted by Crippen LogP contribution is -2.53. The van der Waals surface area contributed by atoms with Crippen LogP contribution in [0.5, 0.6) is 5.75 Å². The van der Waals surface area contributed by atoms with Crippen molar-refractivity contribution >= 4 is 35.0 Å². The van der Waals surface area contributed by atoms with E-state index in [-0.39, 0.29) is 24.5 Å². The number of amides is 4. The van der Waals surface area contributed by atoms with Crippen LogP contribution in [0.3, 0.4) is 0 Å². The number of hydrogen-bond donors (Lipinski definition) is 2. The van der Waals surface area contributed by atoms with E-state index in [1.807, 2.05) is 6.92 Å². The highest BCUT2D eigenvalue weighted by atomic mass is 19.4. The molecule has 6 atom stereocenters. The molecule has 288 valence electrons. The van der Waals surface area contributed by atoms with E-state index >= 15 is 9.18 Å². The van der Waals surface area contributed by atoms with E-state index < -0.39 is 99.4 Å². The number of aryl methyl sites for hydroxylation is 1. The molecule has 0 radical (unpaired) electrons. The minimum atomic E-state index is -5.26. The summed E-state index contributed by atoms with van der Waals surface area (Å²) in [5.74, 6) is -11.4. The number of carbonyl (C=O) groups is 4. The van der Waals surface area contributed by atoms with E-state index in [4.69, 9.17) is 0 Å². The van der Waals surface area contributed by atoms with Gasteiger partial charge in [0.15, 0.2) is 11.6 Å². The average molecular weight is 778 g/mol. The Balaban J connectivity index is 1.30. The van der Waals surface area contributed by atoms with Gasteiger partial charge in [0.25, 0.3) is 11.8 Å². The van der Waals surface area contributed by atoms with Crippen LogP contribution in [0.25, 0.3) is 0 Å².